The minimum absolute atomic E-state index is 0.0909. The number of carbonyl (C=O) groups excluding carboxylic acids is 1. The topological polar surface area (TPSA) is 75.7 Å². The third-order valence-corrected chi connectivity index (χ3v) is 8.19. The lowest BCUT2D eigenvalue weighted by atomic mass is 9.78. The maximum Gasteiger partial charge on any atom is 0.349 e. The molecule has 0 aromatic carbocycles. The van der Waals surface area contributed by atoms with E-state index in [4.69, 9.17) is 4.74 Å². The van der Waals surface area contributed by atoms with E-state index in [-0.39, 0.29) is 15.2 Å². The molecule has 1 spiro atoms. The van der Waals surface area contributed by atoms with Crippen LogP contribution in [0.15, 0.2) is 10.3 Å². The van der Waals surface area contributed by atoms with E-state index in [0.29, 0.717) is 18.7 Å². The first-order chi connectivity index (χ1) is 10.9. The fourth-order valence-corrected chi connectivity index (χ4v) is 6.79. The molecule has 0 saturated carbocycles. The number of thiophene rings is 1. The van der Waals surface area contributed by atoms with Crippen molar-refractivity contribution in [2.45, 2.75) is 31.1 Å². The first kappa shape index (κ1) is 16.9. The third-order valence-electron chi connectivity index (χ3n) is 4.95. The van der Waals surface area contributed by atoms with Crippen LogP contribution in [0.5, 0.6) is 0 Å². The number of hydrogen-bond acceptors (Lipinski definition) is 6. The molecule has 0 unspecified atom stereocenters. The molecule has 0 radical (unpaired) electrons. The second-order valence-electron chi connectivity index (χ2n) is 6.41. The average molecular weight is 358 g/mol. The van der Waals surface area contributed by atoms with E-state index in [2.05, 4.69) is 5.32 Å². The van der Waals surface area contributed by atoms with E-state index in [0.717, 1.165) is 43.7 Å². The van der Waals surface area contributed by atoms with E-state index < -0.39 is 16.0 Å². The smallest absolute Gasteiger partial charge is 0.349 e. The minimum atomic E-state index is -3.66. The van der Waals surface area contributed by atoms with Gasteiger partial charge in [0.2, 0.25) is 10.0 Å². The summed E-state index contributed by atoms with van der Waals surface area (Å²) in [6, 6.07) is 0. The highest BCUT2D eigenvalue weighted by atomic mass is 32.2. The predicted octanol–water partition coefficient (Wildman–Crippen LogP) is 1.61. The van der Waals surface area contributed by atoms with Crippen LogP contribution in [-0.4, -0.2) is 52.0 Å². The molecule has 23 heavy (non-hydrogen) atoms. The van der Waals surface area contributed by atoms with Crippen LogP contribution in [-0.2, 0) is 14.8 Å². The van der Waals surface area contributed by atoms with Crippen LogP contribution in [0.1, 0.15) is 34.5 Å². The van der Waals surface area contributed by atoms with E-state index in [1.54, 1.807) is 16.6 Å². The Morgan fingerprint density at radius 1 is 1.35 bits per heavy atom. The van der Waals surface area contributed by atoms with E-state index in [1.807, 2.05) is 0 Å². The van der Waals surface area contributed by atoms with Gasteiger partial charge in [0.05, 0.1) is 7.11 Å². The van der Waals surface area contributed by atoms with Crippen LogP contribution < -0.4 is 5.32 Å². The Kier molecular flexibility index (Phi) is 4.52. The number of rotatable bonds is 3. The molecule has 0 bridgehead atoms. The minimum Gasteiger partial charge on any atom is -0.465 e. The Bertz CT molecular complexity index is 705. The molecule has 1 aromatic rings. The Morgan fingerprint density at radius 3 is 2.70 bits per heavy atom. The molecular formula is C15H22N2O4S2. The van der Waals surface area contributed by atoms with Crippen molar-refractivity contribution in [3.05, 3.63) is 15.8 Å². The molecule has 3 heterocycles. The van der Waals surface area contributed by atoms with Gasteiger partial charge in [-0.3, -0.25) is 0 Å². The molecule has 2 fully saturated rings. The number of hydrogen-bond donors (Lipinski definition) is 1. The highest BCUT2D eigenvalue weighted by Crippen LogP contribution is 2.42. The second-order valence-corrected chi connectivity index (χ2v) is 9.16. The summed E-state index contributed by atoms with van der Waals surface area (Å²) in [5.41, 5.74) is 0.704. The van der Waals surface area contributed by atoms with Gasteiger partial charge in [-0.2, -0.15) is 4.31 Å². The highest BCUT2D eigenvalue weighted by Gasteiger charge is 2.44. The summed E-state index contributed by atoms with van der Waals surface area (Å²) in [4.78, 5) is 12.2. The highest BCUT2D eigenvalue weighted by molar-refractivity contribution is 7.89. The van der Waals surface area contributed by atoms with Crippen LogP contribution in [0.2, 0.25) is 0 Å². The first-order valence-corrected chi connectivity index (χ1v) is 10.1. The predicted molar refractivity (Wildman–Crippen MR) is 88.3 cm³/mol. The fraction of sp³-hybridized carbons (Fsp3) is 0.667. The Balaban J connectivity index is 1.91. The van der Waals surface area contributed by atoms with Crippen molar-refractivity contribution in [2.75, 3.05) is 33.3 Å². The molecule has 128 valence electrons. The Morgan fingerprint density at radius 2 is 2.04 bits per heavy atom. The van der Waals surface area contributed by atoms with Crippen molar-refractivity contribution in [1.29, 1.82) is 0 Å². The quantitative estimate of drug-likeness (QED) is 0.831. The number of nitrogens with zero attached hydrogens (tertiary/aromatic N) is 1. The molecule has 0 atom stereocenters. The zero-order valence-electron chi connectivity index (χ0n) is 13.4. The van der Waals surface area contributed by atoms with Crippen molar-refractivity contribution in [3.63, 3.8) is 0 Å². The van der Waals surface area contributed by atoms with Crippen molar-refractivity contribution in [3.8, 4) is 0 Å². The van der Waals surface area contributed by atoms with Gasteiger partial charge in [0.25, 0.3) is 0 Å². The number of sulfonamides is 1. The molecule has 2 aliphatic heterocycles. The van der Waals surface area contributed by atoms with Gasteiger partial charge >= 0.3 is 5.97 Å². The molecule has 1 aromatic heterocycles. The third kappa shape index (κ3) is 2.93. The van der Waals surface area contributed by atoms with Crippen molar-refractivity contribution >= 4 is 27.3 Å². The number of piperidine rings is 1. The van der Waals surface area contributed by atoms with Gasteiger partial charge in [0.15, 0.2) is 0 Å². The summed E-state index contributed by atoms with van der Waals surface area (Å²) in [7, 11) is -2.39. The normalized spacial score (nSPS) is 21.7. The van der Waals surface area contributed by atoms with Crippen molar-refractivity contribution in [1.82, 2.24) is 9.62 Å². The summed E-state index contributed by atoms with van der Waals surface area (Å²) in [6.45, 7) is 4.69. The number of esters is 1. The maximum absolute atomic E-state index is 13.1. The van der Waals surface area contributed by atoms with E-state index in [1.165, 1.54) is 7.11 Å². The van der Waals surface area contributed by atoms with Crippen LogP contribution >= 0.6 is 11.3 Å². The first-order valence-electron chi connectivity index (χ1n) is 7.77. The van der Waals surface area contributed by atoms with Gasteiger partial charge in [-0.1, -0.05) is 0 Å². The Labute approximate surface area is 140 Å². The van der Waals surface area contributed by atoms with Gasteiger partial charge in [0.1, 0.15) is 9.77 Å². The van der Waals surface area contributed by atoms with Gasteiger partial charge in [0, 0.05) is 13.1 Å². The molecule has 2 saturated heterocycles. The number of carbonyl (C=O) groups is 1. The van der Waals surface area contributed by atoms with Crippen molar-refractivity contribution < 1.29 is 17.9 Å². The number of nitrogens with one attached hydrogen (secondary N) is 1. The van der Waals surface area contributed by atoms with Crippen LogP contribution in [0.3, 0.4) is 0 Å². The number of ether oxygens (including phenoxy) is 1. The number of methoxy groups -OCH3 is 1. The van der Waals surface area contributed by atoms with Gasteiger partial charge < -0.3 is 10.1 Å². The summed E-state index contributed by atoms with van der Waals surface area (Å²) in [5, 5.41) is 5.03. The lowest BCUT2D eigenvalue weighted by Gasteiger charge is -2.33. The van der Waals surface area contributed by atoms with E-state index in [9.17, 15) is 13.2 Å². The molecular weight excluding hydrogens is 336 g/mol. The van der Waals surface area contributed by atoms with Gasteiger partial charge in [-0.25, -0.2) is 13.2 Å². The molecule has 3 rings (SSSR count). The molecule has 6 nitrogen and oxygen atoms in total. The van der Waals surface area contributed by atoms with Gasteiger partial charge in [-0.05, 0) is 55.6 Å². The van der Waals surface area contributed by atoms with Crippen LogP contribution in [0.25, 0.3) is 0 Å². The fourth-order valence-electron chi connectivity index (χ4n) is 3.58. The lowest BCUT2D eigenvalue weighted by molar-refractivity contribution is 0.0602. The van der Waals surface area contributed by atoms with Crippen LogP contribution in [0, 0.1) is 12.3 Å². The zero-order valence-corrected chi connectivity index (χ0v) is 15.1. The summed E-state index contributed by atoms with van der Waals surface area (Å²) in [5.74, 6) is -0.586. The largest absolute Gasteiger partial charge is 0.465 e. The average Bonchev–Trinajstić information content (AvgIpc) is 3.12. The summed E-state index contributed by atoms with van der Waals surface area (Å²) >= 11 is 1.13. The molecule has 1 N–H and O–H groups in total. The molecule has 2 aliphatic rings. The van der Waals surface area contributed by atoms with Crippen molar-refractivity contribution in [2.24, 2.45) is 5.41 Å². The molecule has 8 heteroatoms. The zero-order chi connectivity index (χ0) is 16.7. The number of aryl methyl sites for hydroxylation is 1. The Hall–Kier alpha value is -0.960. The van der Waals surface area contributed by atoms with E-state index >= 15 is 0 Å². The SMILES string of the molecule is COC(=O)c1scc(C)c1S(=O)(=O)N1CCC2(CCNCC2)C1. The van der Waals surface area contributed by atoms with Gasteiger partial charge in [-0.15, -0.1) is 11.3 Å². The lowest BCUT2D eigenvalue weighted by Crippen LogP contribution is -2.40. The van der Waals surface area contributed by atoms with Crippen LogP contribution in [0.4, 0.5) is 0 Å². The molecule has 0 amide bonds. The maximum atomic E-state index is 13.1. The monoisotopic (exact) mass is 358 g/mol. The standard InChI is InChI=1S/C15H22N2O4S2/c1-11-9-22-12(14(18)21-2)13(11)23(19,20)17-8-5-15(10-17)3-6-16-7-4-15/h9,16H,3-8,10H2,1-2H3. The summed E-state index contributed by atoms with van der Waals surface area (Å²) < 4.78 is 32.5. The molecule has 0 aliphatic carbocycles. The second kappa shape index (κ2) is 6.16. The summed E-state index contributed by atoms with van der Waals surface area (Å²) in [6.07, 6.45) is 2.90.